The number of allylic oxidation sites excluding steroid dienone is 2. The highest BCUT2D eigenvalue weighted by Crippen LogP contribution is 2.22. The number of nitrogens with one attached hydrogen (secondary N) is 1. The van der Waals surface area contributed by atoms with Crippen LogP contribution in [0.2, 0.25) is 0 Å². The molecule has 0 aliphatic carbocycles. The van der Waals surface area contributed by atoms with Gasteiger partial charge in [-0.1, -0.05) is 60.7 Å². The van der Waals surface area contributed by atoms with Gasteiger partial charge in [0.2, 0.25) is 5.89 Å². The summed E-state index contributed by atoms with van der Waals surface area (Å²) in [5, 5.41) is 2.04. The molecule has 3 aromatic rings. The number of aromatic nitrogens is 1. The van der Waals surface area contributed by atoms with E-state index in [-0.39, 0.29) is 5.76 Å². The summed E-state index contributed by atoms with van der Waals surface area (Å²) < 4.78 is 10.5. The molecule has 1 N–H and O–H groups in total. The number of rotatable bonds is 5. The molecule has 30 heavy (non-hydrogen) atoms. The van der Waals surface area contributed by atoms with Gasteiger partial charge in [0.15, 0.2) is 5.76 Å². The van der Waals surface area contributed by atoms with Crippen molar-refractivity contribution in [2.24, 2.45) is 0 Å². The first-order valence-electron chi connectivity index (χ1n) is 9.31. The Kier molecular flexibility index (Phi) is 5.39. The molecule has 1 aromatic heterocycles. The van der Waals surface area contributed by atoms with Crippen LogP contribution in [0.5, 0.6) is 0 Å². The van der Waals surface area contributed by atoms with E-state index < -0.39 is 12.0 Å². The van der Waals surface area contributed by atoms with Crippen LogP contribution in [0, 0.1) is 6.92 Å². The smallest absolute Gasteiger partial charge is 0.419 e. The molecule has 6 nitrogen and oxygen atoms in total. The Balaban J connectivity index is 1.43. The van der Waals surface area contributed by atoms with Gasteiger partial charge in [0, 0.05) is 5.56 Å². The fourth-order valence-corrected chi connectivity index (χ4v) is 2.84. The van der Waals surface area contributed by atoms with Gasteiger partial charge in [-0.05, 0) is 42.3 Å². The molecule has 0 atom stereocenters. The van der Waals surface area contributed by atoms with E-state index in [1.165, 1.54) is 6.08 Å². The van der Waals surface area contributed by atoms with Gasteiger partial charge in [-0.15, -0.1) is 0 Å². The van der Waals surface area contributed by atoms with Gasteiger partial charge in [0.05, 0.1) is 0 Å². The van der Waals surface area contributed by atoms with Crippen molar-refractivity contribution in [1.29, 1.82) is 0 Å². The standard InChI is InChI=1S/C24H18N2O4/c1-16-20(25-23(29-16)19-7-3-2-4-8-19)15-14-18-12-10-17(11-13-18)6-5-9-21-22(27)26-24(28)30-21/h2-15H,1H3,(H,26,27,28). The van der Waals surface area contributed by atoms with E-state index >= 15 is 0 Å². The number of imide groups is 1. The summed E-state index contributed by atoms with van der Waals surface area (Å²) in [6.45, 7) is 1.89. The quantitative estimate of drug-likeness (QED) is 0.613. The van der Waals surface area contributed by atoms with Crippen molar-refractivity contribution in [3.8, 4) is 11.5 Å². The maximum absolute atomic E-state index is 11.4. The molecule has 0 saturated carbocycles. The lowest BCUT2D eigenvalue weighted by molar-refractivity contribution is -0.116. The molecule has 0 bridgehead atoms. The summed E-state index contributed by atoms with van der Waals surface area (Å²) in [4.78, 5) is 26.9. The second kappa shape index (κ2) is 8.45. The van der Waals surface area contributed by atoms with Gasteiger partial charge >= 0.3 is 6.09 Å². The van der Waals surface area contributed by atoms with Crippen LogP contribution >= 0.6 is 0 Å². The Labute approximate surface area is 173 Å². The van der Waals surface area contributed by atoms with Crippen molar-refractivity contribution in [3.05, 3.63) is 95.1 Å². The second-order valence-electron chi connectivity index (χ2n) is 6.56. The van der Waals surface area contributed by atoms with Crippen LogP contribution in [0.1, 0.15) is 22.6 Å². The van der Waals surface area contributed by atoms with Crippen LogP contribution in [0.15, 0.2) is 76.9 Å². The number of nitrogens with zero attached hydrogens (tertiary/aromatic N) is 1. The van der Waals surface area contributed by atoms with E-state index in [1.807, 2.05) is 85.1 Å². The van der Waals surface area contributed by atoms with Gasteiger partial charge in [0.1, 0.15) is 11.5 Å². The summed E-state index contributed by atoms with van der Waals surface area (Å²) in [6, 6.07) is 17.6. The van der Waals surface area contributed by atoms with E-state index in [0.717, 1.165) is 28.1 Å². The molecule has 2 aromatic carbocycles. The molecule has 0 spiro atoms. The number of hydrogen-bond donors (Lipinski definition) is 1. The van der Waals surface area contributed by atoms with Crippen molar-refractivity contribution in [2.45, 2.75) is 6.92 Å². The summed E-state index contributed by atoms with van der Waals surface area (Å²) in [6.07, 6.45) is 8.06. The lowest BCUT2D eigenvalue weighted by Gasteiger charge is -1.96. The van der Waals surface area contributed by atoms with Gasteiger partial charge in [0.25, 0.3) is 5.91 Å². The van der Waals surface area contributed by atoms with E-state index in [1.54, 1.807) is 6.08 Å². The highest BCUT2D eigenvalue weighted by molar-refractivity contribution is 6.07. The number of alkyl carbamates (subject to hydrolysis) is 1. The molecule has 1 fully saturated rings. The highest BCUT2D eigenvalue weighted by atomic mass is 16.6. The highest BCUT2D eigenvalue weighted by Gasteiger charge is 2.25. The van der Waals surface area contributed by atoms with Gasteiger partial charge in [-0.3, -0.25) is 10.1 Å². The Hall–Kier alpha value is -4.19. The average molecular weight is 398 g/mol. The topological polar surface area (TPSA) is 81.4 Å². The molecule has 148 valence electrons. The monoisotopic (exact) mass is 398 g/mol. The van der Waals surface area contributed by atoms with Crippen molar-refractivity contribution in [3.63, 3.8) is 0 Å². The van der Waals surface area contributed by atoms with E-state index in [4.69, 9.17) is 9.15 Å². The summed E-state index contributed by atoms with van der Waals surface area (Å²) in [5.74, 6) is 0.802. The number of carbonyl (C=O) groups is 2. The molecule has 1 aliphatic rings. The van der Waals surface area contributed by atoms with E-state index in [9.17, 15) is 9.59 Å². The van der Waals surface area contributed by atoms with Crippen molar-refractivity contribution < 1.29 is 18.7 Å². The minimum Gasteiger partial charge on any atom is -0.441 e. The van der Waals surface area contributed by atoms with Gasteiger partial charge in [-0.2, -0.15) is 0 Å². The van der Waals surface area contributed by atoms with Crippen LogP contribution in [-0.2, 0) is 9.53 Å². The third kappa shape index (κ3) is 4.44. The Morgan fingerprint density at radius 2 is 1.60 bits per heavy atom. The minimum absolute atomic E-state index is 0.0198. The predicted molar refractivity (Wildman–Crippen MR) is 114 cm³/mol. The molecule has 2 amide bonds. The summed E-state index contributed by atoms with van der Waals surface area (Å²) in [5.41, 5.74) is 3.68. The summed E-state index contributed by atoms with van der Waals surface area (Å²) >= 11 is 0. The van der Waals surface area contributed by atoms with Crippen molar-refractivity contribution in [2.75, 3.05) is 0 Å². The number of ether oxygens (including phenoxy) is 1. The third-order valence-electron chi connectivity index (χ3n) is 4.40. The number of amides is 2. The predicted octanol–water partition coefficient (Wildman–Crippen LogP) is 4.98. The number of carbonyl (C=O) groups excluding carboxylic acids is 2. The number of cyclic esters (lactones) is 1. The second-order valence-corrected chi connectivity index (χ2v) is 6.56. The minimum atomic E-state index is -0.756. The molecule has 4 rings (SSSR count). The molecule has 6 heteroatoms. The fourth-order valence-electron chi connectivity index (χ4n) is 2.84. The zero-order chi connectivity index (χ0) is 20.9. The molecule has 1 saturated heterocycles. The lowest BCUT2D eigenvalue weighted by Crippen LogP contribution is -2.18. The maximum Gasteiger partial charge on any atom is 0.419 e. The Morgan fingerprint density at radius 3 is 2.27 bits per heavy atom. The van der Waals surface area contributed by atoms with Crippen LogP contribution in [0.25, 0.3) is 29.7 Å². The first-order chi connectivity index (χ1) is 14.6. The van der Waals surface area contributed by atoms with Crippen molar-refractivity contribution in [1.82, 2.24) is 10.3 Å². The van der Waals surface area contributed by atoms with Crippen LogP contribution in [0.3, 0.4) is 0 Å². The SMILES string of the molecule is Cc1oc(-c2ccccc2)nc1C=Cc1ccc(C=CC=C2OC(=O)NC2=O)cc1. The molecule has 2 heterocycles. The number of hydrogen-bond acceptors (Lipinski definition) is 5. The Bertz CT molecular complexity index is 1170. The van der Waals surface area contributed by atoms with Crippen LogP contribution in [0.4, 0.5) is 4.79 Å². The van der Waals surface area contributed by atoms with Gasteiger partial charge in [-0.25, -0.2) is 9.78 Å². The largest absolute Gasteiger partial charge is 0.441 e. The normalized spacial score (nSPS) is 15.3. The third-order valence-corrected chi connectivity index (χ3v) is 4.40. The average Bonchev–Trinajstić information content (AvgIpc) is 3.29. The van der Waals surface area contributed by atoms with Crippen LogP contribution < -0.4 is 5.32 Å². The molecule has 0 radical (unpaired) electrons. The zero-order valence-corrected chi connectivity index (χ0v) is 16.2. The maximum atomic E-state index is 11.4. The summed E-state index contributed by atoms with van der Waals surface area (Å²) in [7, 11) is 0. The number of oxazole rings is 1. The van der Waals surface area contributed by atoms with Crippen LogP contribution in [-0.4, -0.2) is 17.0 Å². The van der Waals surface area contributed by atoms with Gasteiger partial charge < -0.3 is 9.15 Å². The molecular formula is C24H18N2O4. The zero-order valence-electron chi connectivity index (χ0n) is 16.2. The molecule has 1 aliphatic heterocycles. The number of benzene rings is 2. The first kappa shape index (κ1) is 19.1. The molecular weight excluding hydrogens is 380 g/mol. The first-order valence-corrected chi connectivity index (χ1v) is 9.31. The Morgan fingerprint density at radius 1 is 0.900 bits per heavy atom. The number of aryl methyl sites for hydroxylation is 1. The van der Waals surface area contributed by atoms with Crippen molar-refractivity contribution >= 4 is 30.2 Å². The molecule has 0 unspecified atom stereocenters. The van der Waals surface area contributed by atoms with E-state index in [0.29, 0.717) is 5.89 Å². The van der Waals surface area contributed by atoms with E-state index in [2.05, 4.69) is 4.98 Å². The lowest BCUT2D eigenvalue weighted by atomic mass is 10.1. The fraction of sp³-hybridized carbons (Fsp3) is 0.0417.